The van der Waals surface area contributed by atoms with Crippen LogP contribution in [0.5, 0.6) is 0 Å². The average Bonchev–Trinajstić information content (AvgIpc) is 2.48. The number of hydrogen-bond acceptors (Lipinski definition) is 3. The van der Waals surface area contributed by atoms with Gasteiger partial charge in [-0.2, -0.15) is 0 Å². The Kier molecular flexibility index (Phi) is 2.47. The molecule has 3 nitrogen and oxygen atoms in total. The lowest BCUT2D eigenvalue weighted by Crippen LogP contribution is -2.17. The van der Waals surface area contributed by atoms with Gasteiger partial charge in [0.25, 0.3) is 0 Å². The Morgan fingerprint density at radius 3 is 3.08 bits per heavy atom. The van der Waals surface area contributed by atoms with Crippen molar-refractivity contribution >= 4 is 5.78 Å². The van der Waals surface area contributed by atoms with Crippen molar-refractivity contribution in [3.05, 3.63) is 12.2 Å². The smallest absolute Gasteiger partial charge is 0.158 e. The quantitative estimate of drug-likeness (QED) is 0.614. The van der Waals surface area contributed by atoms with E-state index in [0.29, 0.717) is 12.7 Å². The molecule has 2 aliphatic carbocycles. The summed E-state index contributed by atoms with van der Waals surface area (Å²) < 4.78 is 10.3. The molecule has 3 unspecified atom stereocenters. The molecular weight excluding hydrogens is 168 g/mol. The minimum atomic E-state index is 0.188. The molecule has 0 aromatic rings. The zero-order valence-corrected chi connectivity index (χ0v) is 7.73. The number of rotatable bonds is 3. The Bertz CT molecular complexity index is 234. The topological polar surface area (TPSA) is 35.5 Å². The summed E-state index contributed by atoms with van der Waals surface area (Å²) in [6.07, 6.45) is 5.69. The molecule has 3 atom stereocenters. The van der Waals surface area contributed by atoms with Crippen LogP contribution >= 0.6 is 0 Å². The number of allylic oxidation sites excluding steroid dienone is 1. The first-order chi connectivity index (χ1) is 6.31. The number of carbonyl (C=O) groups excluding carboxylic acids is 1. The van der Waals surface area contributed by atoms with Gasteiger partial charge in [-0.3, -0.25) is 4.79 Å². The molecule has 0 spiro atoms. The summed E-state index contributed by atoms with van der Waals surface area (Å²) in [5, 5.41) is 0. The van der Waals surface area contributed by atoms with Crippen molar-refractivity contribution in [1.29, 1.82) is 0 Å². The first kappa shape index (κ1) is 8.91. The van der Waals surface area contributed by atoms with Gasteiger partial charge < -0.3 is 9.47 Å². The summed E-state index contributed by atoms with van der Waals surface area (Å²) in [5.41, 5.74) is 0. The van der Waals surface area contributed by atoms with Gasteiger partial charge in [-0.05, 0) is 18.9 Å². The van der Waals surface area contributed by atoms with Gasteiger partial charge in [0.05, 0.1) is 6.10 Å². The SMILES string of the molecule is COCOC1CC2CC1C=CC2=O. The summed E-state index contributed by atoms with van der Waals surface area (Å²) in [5.74, 6) is 0.898. The molecule has 0 N–H and O–H groups in total. The maximum atomic E-state index is 11.3. The van der Waals surface area contributed by atoms with Crippen LogP contribution in [0.25, 0.3) is 0 Å². The molecule has 0 amide bonds. The van der Waals surface area contributed by atoms with E-state index in [1.54, 1.807) is 13.2 Å². The molecule has 3 heteroatoms. The molecule has 1 saturated carbocycles. The van der Waals surface area contributed by atoms with Crippen LogP contribution < -0.4 is 0 Å². The number of ketones is 1. The zero-order chi connectivity index (χ0) is 9.26. The minimum Gasteiger partial charge on any atom is -0.359 e. The molecule has 0 saturated heterocycles. The highest BCUT2D eigenvalue weighted by molar-refractivity contribution is 5.93. The number of hydrogen-bond donors (Lipinski definition) is 0. The van der Waals surface area contributed by atoms with Gasteiger partial charge in [-0.1, -0.05) is 6.08 Å². The fourth-order valence-corrected chi connectivity index (χ4v) is 2.17. The van der Waals surface area contributed by atoms with E-state index in [1.165, 1.54) is 0 Å². The monoisotopic (exact) mass is 182 g/mol. The molecule has 2 rings (SSSR count). The Labute approximate surface area is 77.7 Å². The van der Waals surface area contributed by atoms with E-state index in [4.69, 9.17) is 9.47 Å². The lowest BCUT2D eigenvalue weighted by molar-refractivity contribution is -0.118. The summed E-state index contributed by atoms with van der Waals surface area (Å²) in [7, 11) is 1.61. The van der Waals surface area contributed by atoms with Crippen LogP contribution in [0.1, 0.15) is 12.8 Å². The van der Waals surface area contributed by atoms with Crippen LogP contribution in [0.15, 0.2) is 12.2 Å². The van der Waals surface area contributed by atoms with Crippen LogP contribution in [0.2, 0.25) is 0 Å². The lowest BCUT2D eigenvalue weighted by Gasteiger charge is -2.16. The fraction of sp³-hybridized carbons (Fsp3) is 0.700. The van der Waals surface area contributed by atoms with Crippen molar-refractivity contribution in [1.82, 2.24) is 0 Å². The van der Waals surface area contributed by atoms with E-state index in [9.17, 15) is 4.79 Å². The van der Waals surface area contributed by atoms with E-state index in [1.807, 2.05) is 6.08 Å². The third kappa shape index (κ3) is 1.67. The van der Waals surface area contributed by atoms with E-state index < -0.39 is 0 Å². The number of methoxy groups -OCH3 is 1. The number of carbonyl (C=O) groups is 1. The van der Waals surface area contributed by atoms with Gasteiger partial charge >= 0.3 is 0 Å². The molecule has 0 radical (unpaired) electrons. The van der Waals surface area contributed by atoms with Crippen LogP contribution in [-0.2, 0) is 14.3 Å². The van der Waals surface area contributed by atoms with E-state index in [2.05, 4.69) is 0 Å². The molecule has 0 aromatic carbocycles. The molecule has 2 bridgehead atoms. The molecule has 72 valence electrons. The summed E-state index contributed by atoms with van der Waals surface area (Å²) >= 11 is 0. The summed E-state index contributed by atoms with van der Waals surface area (Å²) in [4.78, 5) is 11.3. The first-order valence-corrected chi connectivity index (χ1v) is 4.64. The maximum Gasteiger partial charge on any atom is 0.158 e. The molecule has 0 heterocycles. The number of ether oxygens (including phenoxy) is 2. The van der Waals surface area contributed by atoms with Gasteiger partial charge in [0.1, 0.15) is 6.79 Å². The Morgan fingerprint density at radius 2 is 2.38 bits per heavy atom. The van der Waals surface area contributed by atoms with Crippen molar-refractivity contribution in [2.75, 3.05) is 13.9 Å². The predicted molar refractivity (Wildman–Crippen MR) is 47.1 cm³/mol. The highest BCUT2D eigenvalue weighted by atomic mass is 16.7. The second-order valence-electron chi connectivity index (χ2n) is 3.71. The standard InChI is InChI=1S/C10H14O3/c1-12-6-13-10-5-8-4-7(10)2-3-9(8)11/h2-3,7-8,10H,4-6H2,1H3. The molecule has 0 aromatic heterocycles. The number of fused-ring (bicyclic) bond motifs is 2. The van der Waals surface area contributed by atoms with Crippen LogP contribution in [-0.4, -0.2) is 25.8 Å². The van der Waals surface area contributed by atoms with Crippen molar-refractivity contribution in [3.63, 3.8) is 0 Å². The summed E-state index contributed by atoms with van der Waals surface area (Å²) in [6.45, 7) is 0.329. The van der Waals surface area contributed by atoms with Crippen LogP contribution in [0, 0.1) is 11.8 Å². The van der Waals surface area contributed by atoms with Gasteiger partial charge in [-0.25, -0.2) is 0 Å². The Balaban J connectivity index is 1.96. The van der Waals surface area contributed by atoms with Gasteiger partial charge in [0.15, 0.2) is 5.78 Å². The third-order valence-corrected chi connectivity index (χ3v) is 2.86. The average molecular weight is 182 g/mol. The molecule has 13 heavy (non-hydrogen) atoms. The van der Waals surface area contributed by atoms with Crippen molar-refractivity contribution in [2.24, 2.45) is 11.8 Å². The molecule has 1 fully saturated rings. The van der Waals surface area contributed by atoms with E-state index in [-0.39, 0.29) is 17.8 Å². The molecule has 0 aliphatic heterocycles. The first-order valence-electron chi connectivity index (χ1n) is 4.64. The van der Waals surface area contributed by atoms with Crippen molar-refractivity contribution in [3.8, 4) is 0 Å². The molecule has 2 aliphatic rings. The fourth-order valence-electron chi connectivity index (χ4n) is 2.17. The molecular formula is C10H14O3. The zero-order valence-electron chi connectivity index (χ0n) is 7.73. The van der Waals surface area contributed by atoms with Gasteiger partial charge in [0.2, 0.25) is 0 Å². The van der Waals surface area contributed by atoms with Crippen LogP contribution in [0.4, 0.5) is 0 Å². The van der Waals surface area contributed by atoms with Gasteiger partial charge in [0, 0.05) is 18.9 Å². The highest BCUT2D eigenvalue weighted by Crippen LogP contribution is 2.38. The minimum absolute atomic E-state index is 0.188. The van der Waals surface area contributed by atoms with Gasteiger partial charge in [-0.15, -0.1) is 0 Å². The maximum absolute atomic E-state index is 11.3. The van der Waals surface area contributed by atoms with Crippen LogP contribution in [0.3, 0.4) is 0 Å². The second kappa shape index (κ2) is 3.60. The predicted octanol–water partition coefficient (Wildman–Crippen LogP) is 1.14. The summed E-state index contributed by atoms with van der Waals surface area (Å²) in [6, 6.07) is 0. The van der Waals surface area contributed by atoms with E-state index >= 15 is 0 Å². The van der Waals surface area contributed by atoms with Crippen molar-refractivity contribution < 1.29 is 14.3 Å². The van der Waals surface area contributed by atoms with E-state index in [0.717, 1.165) is 12.8 Å². The lowest BCUT2D eigenvalue weighted by atomic mass is 9.94. The largest absolute Gasteiger partial charge is 0.359 e. The second-order valence-corrected chi connectivity index (χ2v) is 3.71. The Hall–Kier alpha value is -0.670. The van der Waals surface area contributed by atoms with Crippen molar-refractivity contribution in [2.45, 2.75) is 18.9 Å². The third-order valence-electron chi connectivity index (χ3n) is 2.86. The highest BCUT2D eigenvalue weighted by Gasteiger charge is 2.39. The normalized spacial score (nSPS) is 37.0. The Morgan fingerprint density at radius 1 is 1.54 bits per heavy atom.